The quantitative estimate of drug-likeness (QED) is 0.648. The van der Waals surface area contributed by atoms with Crippen molar-refractivity contribution in [2.75, 3.05) is 33.4 Å². The number of hydrogen-bond acceptors (Lipinski definition) is 6. The summed E-state index contributed by atoms with van der Waals surface area (Å²) < 4.78 is 15.9. The fourth-order valence-corrected chi connectivity index (χ4v) is 3.17. The maximum atomic E-state index is 12.3. The lowest BCUT2D eigenvalue weighted by molar-refractivity contribution is -0.132. The molecule has 3 amide bonds. The summed E-state index contributed by atoms with van der Waals surface area (Å²) in [5, 5.41) is 5.54. The van der Waals surface area contributed by atoms with Crippen LogP contribution in [0.25, 0.3) is 0 Å². The number of nitrogens with zero attached hydrogens (tertiary/aromatic N) is 1. The van der Waals surface area contributed by atoms with Crippen molar-refractivity contribution in [2.45, 2.75) is 51.7 Å². The molecule has 1 fully saturated rings. The van der Waals surface area contributed by atoms with Crippen molar-refractivity contribution in [1.82, 2.24) is 15.5 Å². The minimum atomic E-state index is -0.571. The highest BCUT2D eigenvalue weighted by atomic mass is 16.6. The molecule has 172 valence electrons. The van der Waals surface area contributed by atoms with Crippen LogP contribution in [0.4, 0.5) is 4.79 Å². The number of likely N-dealkylation sites (tertiary alicyclic amines) is 1. The minimum absolute atomic E-state index is 0.00212. The average molecular weight is 436 g/mol. The van der Waals surface area contributed by atoms with E-state index in [1.54, 1.807) is 44.9 Å². The molecule has 0 atom stereocenters. The second kappa shape index (κ2) is 11.4. The van der Waals surface area contributed by atoms with Gasteiger partial charge in [0.1, 0.15) is 5.60 Å². The predicted octanol–water partition coefficient (Wildman–Crippen LogP) is 2.10. The summed E-state index contributed by atoms with van der Waals surface area (Å²) in [5.74, 6) is 0.849. The van der Waals surface area contributed by atoms with E-state index in [0.29, 0.717) is 37.4 Å². The number of carbonyl (C=O) groups excluding carboxylic acids is 3. The van der Waals surface area contributed by atoms with Gasteiger partial charge in [0, 0.05) is 32.1 Å². The summed E-state index contributed by atoms with van der Waals surface area (Å²) in [7, 11) is 1.55. The zero-order valence-electron chi connectivity index (χ0n) is 18.7. The predicted molar refractivity (Wildman–Crippen MR) is 115 cm³/mol. The highest BCUT2D eigenvalue weighted by molar-refractivity contribution is 5.78. The van der Waals surface area contributed by atoms with Gasteiger partial charge in [-0.15, -0.1) is 0 Å². The van der Waals surface area contributed by atoms with Gasteiger partial charge in [-0.05, 0) is 45.7 Å². The summed E-state index contributed by atoms with van der Waals surface area (Å²) in [6.45, 7) is 6.59. The molecule has 1 saturated heterocycles. The summed E-state index contributed by atoms with van der Waals surface area (Å²) in [6.07, 6.45) is 1.03. The lowest BCUT2D eigenvalue weighted by Crippen LogP contribution is -2.48. The molecule has 1 aliphatic rings. The van der Waals surface area contributed by atoms with E-state index in [1.807, 2.05) is 12.1 Å². The van der Waals surface area contributed by atoms with Crippen molar-refractivity contribution in [3.8, 4) is 11.5 Å². The molecular weight excluding hydrogens is 402 g/mol. The van der Waals surface area contributed by atoms with E-state index in [9.17, 15) is 14.4 Å². The number of methoxy groups -OCH3 is 1. The Morgan fingerprint density at radius 2 is 1.74 bits per heavy atom. The molecule has 31 heavy (non-hydrogen) atoms. The third-order valence-electron chi connectivity index (χ3n) is 4.65. The SMILES string of the molecule is COc1ccccc1OCC(=O)NC1CCN(C(=O)CCNC(=O)OC(C)(C)C)CC1. The molecule has 2 N–H and O–H groups in total. The number of rotatable bonds is 8. The molecule has 0 radical (unpaired) electrons. The summed E-state index contributed by atoms with van der Waals surface area (Å²) >= 11 is 0. The van der Waals surface area contributed by atoms with Gasteiger partial charge in [0.05, 0.1) is 7.11 Å². The molecule has 1 aliphatic heterocycles. The van der Waals surface area contributed by atoms with Gasteiger partial charge in [-0.1, -0.05) is 12.1 Å². The van der Waals surface area contributed by atoms with E-state index in [2.05, 4.69) is 10.6 Å². The Labute approximate surface area is 183 Å². The number of ether oxygens (including phenoxy) is 3. The molecule has 0 saturated carbocycles. The second-order valence-corrected chi connectivity index (χ2v) is 8.34. The number of piperidine rings is 1. The Morgan fingerprint density at radius 3 is 2.35 bits per heavy atom. The molecule has 1 aromatic carbocycles. The van der Waals surface area contributed by atoms with Gasteiger partial charge in [-0.2, -0.15) is 0 Å². The van der Waals surface area contributed by atoms with Crippen LogP contribution >= 0.6 is 0 Å². The molecule has 0 unspecified atom stereocenters. The van der Waals surface area contributed by atoms with Crippen LogP contribution in [-0.2, 0) is 14.3 Å². The monoisotopic (exact) mass is 435 g/mol. The Morgan fingerprint density at radius 1 is 1.10 bits per heavy atom. The van der Waals surface area contributed by atoms with E-state index in [-0.39, 0.29) is 37.4 Å². The fraction of sp³-hybridized carbons (Fsp3) is 0.591. The molecule has 2 rings (SSSR count). The van der Waals surface area contributed by atoms with Crippen LogP contribution in [0.5, 0.6) is 11.5 Å². The summed E-state index contributed by atoms with van der Waals surface area (Å²) in [6, 6.07) is 7.15. The van der Waals surface area contributed by atoms with Crippen molar-refractivity contribution in [3.63, 3.8) is 0 Å². The van der Waals surface area contributed by atoms with E-state index in [0.717, 1.165) is 0 Å². The van der Waals surface area contributed by atoms with E-state index >= 15 is 0 Å². The van der Waals surface area contributed by atoms with Gasteiger partial charge in [0.2, 0.25) is 5.91 Å². The second-order valence-electron chi connectivity index (χ2n) is 8.34. The summed E-state index contributed by atoms with van der Waals surface area (Å²) in [5.41, 5.74) is -0.571. The molecule has 1 heterocycles. The van der Waals surface area contributed by atoms with Gasteiger partial charge in [0.15, 0.2) is 18.1 Å². The largest absolute Gasteiger partial charge is 0.493 e. The first-order valence-corrected chi connectivity index (χ1v) is 10.5. The van der Waals surface area contributed by atoms with Crippen LogP contribution in [0.3, 0.4) is 0 Å². The van der Waals surface area contributed by atoms with Gasteiger partial charge in [0.25, 0.3) is 5.91 Å². The highest BCUT2D eigenvalue weighted by Gasteiger charge is 2.24. The fourth-order valence-electron chi connectivity index (χ4n) is 3.17. The molecule has 0 aliphatic carbocycles. The molecule has 9 nitrogen and oxygen atoms in total. The van der Waals surface area contributed by atoms with Crippen molar-refractivity contribution in [3.05, 3.63) is 24.3 Å². The van der Waals surface area contributed by atoms with Crippen LogP contribution in [0.1, 0.15) is 40.0 Å². The maximum Gasteiger partial charge on any atom is 0.407 e. The molecule has 0 spiro atoms. The Kier molecular flexibility index (Phi) is 8.96. The topological polar surface area (TPSA) is 106 Å². The number of hydrogen-bond donors (Lipinski definition) is 2. The van der Waals surface area contributed by atoms with Gasteiger partial charge >= 0.3 is 6.09 Å². The van der Waals surface area contributed by atoms with Gasteiger partial charge < -0.3 is 29.7 Å². The van der Waals surface area contributed by atoms with E-state index < -0.39 is 11.7 Å². The van der Waals surface area contributed by atoms with Crippen LogP contribution in [0, 0.1) is 0 Å². The Hall–Kier alpha value is -2.97. The highest BCUT2D eigenvalue weighted by Crippen LogP contribution is 2.25. The number of nitrogens with one attached hydrogen (secondary N) is 2. The van der Waals surface area contributed by atoms with Crippen molar-refractivity contribution in [1.29, 1.82) is 0 Å². The van der Waals surface area contributed by atoms with Crippen LogP contribution in [0.2, 0.25) is 0 Å². The van der Waals surface area contributed by atoms with Crippen molar-refractivity contribution < 1.29 is 28.6 Å². The van der Waals surface area contributed by atoms with Crippen LogP contribution in [-0.4, -0.2) is 67.8 Å². The molecule has 0 bridgehead atoms. The van der Waals surface area contributed by atoms with Crippen molar-refractivity contribution in [2.24, 2.45) is 0 Å². The zero-order chi connectivity index (χ0) is 22.9. The molecule has 9 heteroatoms. The minimum Gasteiger partial charge on any atom is -0.493 e. The molecular formula is C22H33N3O6. The number of para-hydroxylation sites is 2. The molecule has 0 aromatic heterocycles. The number of benzene rings is 1. The first kappa shape index (κ1) is 24.3. The normalized spacial score (nSPS) is 14.5. The Bertz CT molecular complexity index is 754. The van der Waals surface area contributed by atoms with Gasteiger partial charge in [-0.25, -0.2) is 4.79 Å². The average Bonchev–Trinajstić information content (AvgIpc) is 2.71. The number of alkyl carbamates (subject to hydrolysis) is 1. The van der Waals surface area contributed by atoms with E-state index in [4.69, 9.17) is 14.2 Å². The number of carbonyl (C=O) groups is 3. The third kappa shape index (κ3) is 8.74. The lowest BCUT2D eigenvalue weighted by atomic mass is 10.0. The zero-order valence-corrected chi connectivity index (χ0v) is 18.7. The lowest BCUT2D eigenvalue weighted by Gasteiger charge is -2.32. The van der Waals surface area contributed by atoms with Crippen LogP contribution in [0.15, 0.2) is 24.3 Å². The smallest absolute Gasteiger partial charge is 0.407 e. The van der Waals surface area contributed by atoms with Crippen LogP contribution < -0.4 is 20.1 Å². The number of amides is 3. The van der Waals surface area contributed by atoms with E-state index in [1.165, 1.54) is 0 Å². The summed E-state index contributed by atoms with van der Waals surface area (Å²) in [4.78, 5) is 37.9. The standard InChI is InChI=1S/C22H33N3O6/c1-22(2,3)31-21(28)23-12-9-20(27)25-13-10-16(11-14-25)24-19(26)15-30-18-8-6-5-7-17(18)29-4/h5-8,16H,9-15H2,1-4H3,(H,23,28)(H,24,26). The first-order valence-electron chi connectivity index (χ1n) is 10.5. The molecule has 1 aromatic rings. The third-order valence-corrected chi connectivity index (χ3v) is 4.65. The van der Waals surface area contributed by atoms with Crippen molar-refractivity contribution >= 4 is 17.9 Å². The Balaban J connectivity index is 1.64. The first-order chi connectivity index (χ1) is 14.7. The maximum absolute atomic E-state index is 12.3. The van der Waals surface area contributed by atoms with Gasteiger partial charge in [-0.3, -0.25) is 9.59 Å².